The van der Waals surface area contributed by atoms with Gasteiger partial charge in [0.1, 0.15) is 11.5 Å². The molecule has 0 aliphatic rings. The van der Waals surface area contributed by atoms with Crippen LogP contribution in [0.2, 0.25) is 0 Å². The van der Waals surface area contributed by atoms with Gasteiger partial charge in [0, 0.05) is 23.6 Å². The van der Waals surface area contributed by atoms with Crippen LogP contribution in [0.25, 0.3) is 0 Å². The lowest BCUT2D eigenvalue weighted by molar-refractivity contribution is 0.447. The van der Waals surface area contributed by atoms with Crippen LogP contribution >= 0.6 is 0 Å². The summed E-state index contributed by atoms with van der Waals surface area (Å²) in [5.74, 6) is 6.04. The molecule has 0 spiro atoms. The molecule has 0 radical (unpaired) electrons. The van der Waals surface area contributed by atoms with Crippen LogP contribution in [0.1, 0.15) is 30.9 Å². The lowest BCUT2D eigenvalue weighted by atomic mass is 10.1. The van der Waals surface area contributed by atoms with Gasteiger partial charge >= 0.3 is 0 Å². The molecule has 2 N–H and O–H groups in total. The molecule has 0 bridgehead atoms. The van der Waals surface area contributed by atoms with Gasteiger partial charge < -0.3 is 10.2 Å². The summed E-state index contributed by atoms with van der Waals surface area (Å²) in [6.07, 6.45) is 1.84. The molecule has 0 aliphatic heterocycles. The highest BCUT2D eigenvalue weighted by Gasteiger charge is 2.02. The van der Waals surface area contributed by atoms with E-state index in [-0.39, 0.29) is 11.5 Å². The fourth-order valence-electron chi connectivity index (χ4n) is 1.10. The molecule has 0 amide bonds. The molecule has 0 saturated heterocycles. The van der Waals surface area contributed by atoms with E-state index in [1.807, 2.05) is 0 Å². The molecule has 74 valence electrons. The Bertz CT molecular complexity index is 383. The molecule has 0 aliphatic carbocycles. The minimum Gasteiger partial charge on any atom is -0.508 e. The van der Waals surface area contributed by atoms with Gasteiger partial charge in [-0.3, -0.25) is 0 Å². The van der Waals surface area contributed by atoms with E-state index in [0.717, 1.165) is 12.8 Å². The predicted molar refractivity (Wildman–Crippen MR) is 56.3 cm³/mol. The Morgan fingerprint density at radius 1 is 1.29 bits per heavy atom. The van der Waals surface area contributed by atoms with Gasteiger partial charge in [0.05, 0.1) is 0 Å². The van der Waals surface area contributed by atoms with E-state index in [2.05, 4.69) is 18.8 Å². The Kier molecular flexibility index (Phi) is 3.41. The fourth-order valence-corrected chi connectivity index (χ4v) is 1.10. The largest absolute Gasteiger partial charge is 0.508 e. The second-order valence-electron chi connectivity index (χ2n) is 3.19. The molecule has 2 nitrogen and oxygen atoms in total. The van der Waals surface area contributed by atoms with Gasteiger partial charge in [0.15, 0.2) is 0 Å². The van der Waals surface area contributed by atoms with Crippen molar-refractivity contribution in [1.29, 1.82) is 0 Å². The third kappa shape index (κ3) is 2.43. The zero-order valence-corrected chi connectivity index (χ0v) is 8.46. The first-order chi connectivity index (χ1) is 6.65. The van der Waals surface area contributed by atoms with Gasteiger partial charge in [-0.25, -0.2) is 0 Å². The molecule has 0 saturated carbocycles. The first-order valence-electron chi connectivity index (χ1n) is 4.66. The van der Waals surface area contributed by atoms with Crippen molar-refractivity contribution in [3.63, 3.8) is 0 Å². The summed E-state index contributed by atoms with van der Waals surface area (Å²) in [6, 6.07) is 2.89. The predicted octanol–water partition coefficient (Wildman–Crippen LogP) is 2.56. The van der Waals surface area contributed by atoms with Crippen molar-refractivity contribution in [2.45, 2.75) is 26.7 Å². The van der Waals surface area contributed by atoms with Crippen molar-refractivity contribution >= 4 is 0 Å². The number of hydrogen-bond donors (Lipinski definition) is 2. The second kappa shape index (κ2) is 4.57. The van der Waals surface area contributed by atoms with Crippen molar-refractivity contribution in [2.24, 2.45) is 0 Å². The first kappa shape index (κ1) is 10.5. The monoisotopic (exact) mass is 190 g/mol. The minimum absolute atomic E-state index is 0.0499. The number of phenolic OH excluding ortho intramolecular Hbond substituents is 2. The van der Waals surface area contributed by atoms with E-state index in [1.165, 1.54) is 6.07 Å². The molecular formula is C12H14O2. The zero-order chi connectivity index (χ0) is 10.6. The van der Waals surface area contributed by atoms with Crippen LogP contribution in [0.5, 0.6) is 11.5 Å². The Morgan fingerprint density at radius 3 is 2.64 bits per heavy atom. The highest BCUT2D eigenvalue weighted by Crippen LogP contribution is 2.25. The van der Waals surface area contributed by atoms with Crippen LogP contribution in [0.4, 0.5) is 0 Å². The molecule has 1 rings (SSSR count). The molecule has 0 unspecified atom stereocenters. The van der Waals surface area contributed by atoms with E-state index in [9.17, 15) is 10.2 Å². The normalized spacial score (nSPS) is 9.29. The van der Waals surface area contributed by atoms with E-state index >= 15 is 0 Å². The first-order valence-corrected chi connectivity index (χ1v) is 4.66. The van der Waals surface area contributed by atoms with Gasteiger partial charge in [-0.05, 0) is 19.4 Å². The maximum Gasteiger partial charge on any atom is 0.123 e. The summed E-state index contributed by atoms with van der Waals surface area (Å²) in [5.41, 5.74) is 1.40. The molecule has 2 heteroatoms. The van der Waals surface area contributed by atoms with E-state index in [1.54, 1.807) is 13.0 Å². The number of rotatable bonds is 1. The third-order valence-electron chi connectivity index (χ3n) is 1.96. The maximum atomic E-state index is 9.41. The Labute approximate surface area is 84.2 Å². The maximum absolute atomic E-state index is 9.41. The third-order valence-corrected chi connectivity index (χ3v) is 1.96. The number of phenols is 2. The Hall–Kier alpha value is -1.62. The zero-order valence-electron chi connectivity index (χ0n) is 8.46. The van der Waals surface area contributed by atoms with E-state index in [0.29, 0.717) is 11.1 Å². The summed E-state index contributed by atoms with van der Waals surface area (Å²) in [5, 5.41) is 18.7. The quantitative estimate of drug-likeness (QED) is 0.668. The average Bonchev–Trinajstić information content (AvgIpc) is 2.13. The number of aromatic hydroxyl groups is 2. The minimum atomic E-state index is 0.0499. The summed E-state index contributed by atoms with van der Waals surface area (Å²) >= 11 is 0. The molecule has 1 aromatic rings. The molecule has 0 aromatic heterocycles. The van der Waals surface area contributed by atoms with Crippen LogP contribution in [-0.4, -0.2) is 10.2 Å². The van der Waals surface area contributed by atoms with Gasteiger partial charge in [-0.2, -0.15) is 0 Å². The van der Waals surface area contributed by atoms with Crippen molar-refractivity contribution in [2.75, 3.05) is 0 Å². The van der Waals surface area contributed by atoms with Crippen LogP contribution in [0.3, 0.4) is 0 Å². The number of benzene rings is 1. The standard InChI is InChI=1S/C12H14O2/c1-3-4-5-6-10-7-11(13)8-12(14)9(10)2/h7-8,13-14H,3-4H2,1-2H3. The van der Waals surface area contributed by atoms with Gasteiger partial charge in [-0.1, -0.05) is 18.8 Å². The summed E-state index contributed by atoms with van der Waals surface area (Å²) in [7, 11) is 0. The van der Waals surface area contributed by atoms with Gasteiger partial charge in [-0.15, -0.1) is 0 Å². The van der Waals surface area contributed by atoms with E-state index < -0.39 is 0 Å². The lowest BCUT2D eigenvalue weighted by Crippen LogP contribution is -1.83. The molecule has 0 heterocycles. The Balaban J connectivity index is 3.04. The molecule has 0 atom stereocenters. The van der Waals surface area contributed by atoms with E-state index in [4.69, 9.17) is 0 Å². The summed E-state index contributed by atoms with van der Waals surface area (Å²) in [6.45, 7) is 3.84. The molecular weight excluding hydrogens is 176 g/mol. The topological polar surface area (TPSA) is 40.5 Å². The smallest absolute Gasteiger partial charge is 0.123 e. The lowest BCUT2D eigenvalue weighted by Gasteiger charge is -2.02. The molecule has 14 heavy (non-hydrogen) atoms. The summed E-state index contributed by atoms with van der Waals surface area (Å²) in [4.78, 5) is 0. The van der Waals surface area contributed by atoms with Gasteiger partial charge in [0.25, 0.3) is 0 Å². The van der Waals surface area contributed by atoms with Crippen LogP contribution < -0.4 is 0 Å². The highest BCUT2D eigenvalue weighted by atomic mass is 16.3. The van der Waals surface area contributed by atoms with Crippen LogP contribution in [0.15, 0.2) is 12.1 Å². The summed E-state index contributed by atoms with van der Waals surface area (Å²) < 4.78 is 0. The SMILES string of the molecule is CCCC#Cc1cc(O)cc(O)c1C. The average molecular weight is 190 g/mol. The van der Waals surface area contributed by atoms with Crippen molar-refractivity contribution in [3.05, 3.63) is 23.3 Å². The fraction of sp³-hybridized carbons (Fsp3) is 0.333. The number of unbranched alkanes of at least 4 members (excludes halogenated alkanes) is 1. The van der Waals surface area contributed by atoms with Crippen LogP contribution in [-0.2, 0) is 0 Å². The van der Waals surface area contributed by atoms with Gasteiger partial charge in [0.2, 0.25) is 0 Å². The van der Waals surface area contributed by atoms with Crippen molar-refractivity contribution < 1.29 is 10.2 Å². The molecule has 0 fully saturated rings. The highest BCUT2D eigenvalue weighted by molar-refractivity contribution is 5.51. The number of hydrogen-bond acceptors (Lipinski definition) is 2. The van der Waals surface area contributed by atoms with Crippen molar-refractivity contribution in [1.82, 2.24) is 0 Å². The molecule has 1 aromatic carbocycles. The second-order valence-corrected chi connectivity index (χ2v) is 3.19. The Morgan fingerprint density at radius 2 is 2.00 bits per heavy atom. The van der Waals surface area contributed by atoms with Crippen molar-refractivity contribution in [3.8, 4) is 23.3 Å². The van der Waals surface area contributed by atoms with Crippen LogP contribution in [0, 0.1) is 18.8 Å².